The first-order valence-electron chi connectivity index (χ1n) is 33.1. The molecule has 6 atom stereocenters. The predicted octanol–water partition coefficient (Wildman–Crippen LogP) is 7.28. The third-order valence-electron chi connectivity index (χ3n) is 15.0. The first-order valence-corrected chi connectivity index (χ1v) is 33.1. The largest absolute Gasteiger partial charge is 0.467 e. The van der Waals surface area contributed by atoms with E-state index in [0.29, 0.717) is 57.8 Å². The number of carbonyl (C=O) groups excluding carboxylic acids is 12. The number of urea groups is 1. The quantitative estimate of drug-likeness (QED) is 0.0151. The maximum absolute atomic E-state index is 14.3. The number of amides is 6. The van der Waals surface area contributed by atoms with Gasteiger partial charge in [0, 0.05) is 44.2 Å². The van der Waals surface area contributed by atoms with Crippen LogP contribution in [0.4, 0.5) is 4.79 Å². The molecule has 2 aromatic rings. The lowest BCUT2D eigenvalue weighted by molar-refractivity contribution is -0.160. The molecule has 0 saturated heterocycles. The Balaban J connectivity index is 1.70. The van der Waals surface area contributed by atoms with E-state index in [0.717, 1.165) is 16.3 Å². The first kappa shape index (κ1) is 81.3. The van der Waals surface area contributed by atoms with Gasteiger partial charge in [0.2, 0.25) is 23.6 Å². The van der Waals surface area contributed by atoms with Crippen molar-refractivity contribution in [1.82, 2.24) is 31.9 Å². The SMILES string of the molecule is C=CCOC(=O)CCCCCC(NC(=O)CC(NC(=O)CC(N)C(=O)OC(C)(C)C)C(=O)OC(C)(C)C)C(=O)NCC1CCC(C(=O)CC(Cc2ccc3ccccc3c2)C(=O)NCCCCC(NC(=O)NC(CCC(=O)OC(C)(C)C)C(=O)OC(C)(C)C)C(=O)OC)CC1. The standard InChI is InChI=1S/C70H107N7O18/c1-15-37-91-58(81)27-18-16-17-25-51(74-57(80)42-54(65(88)95-70(11,12)13)75-56(79)41-50(71)62(85)93-68(5,6)7)61(84)73-43-44-28-32-47(33-29-44)55(78)40-49(39-45-30-31-46-23-19-20-24-48(46)38-45)60(83)72-36-22-21-26-52(63(86)90-14)76-66(89)77-53(64(87)94-69(8,9)10)34-35-59(82)92-67(2,3)4/h15,19-20,23-24,30-31,38,44,47,49-54H,1,16-18,21-22,25-29,32-37,39-43,71H2,2-14H3,(H,72,83)(H,73,84)(H,74,80)(H,75,79)(H2,76,77,89). The van der Waals surface area contributed by atoms with Crippen LogP contribution >= 0.6 is 0 Å². The highest BCUT2D eigenvalue weighted by atomic mass is 16.6. The van der Waals surface area contributed by atoms with E-state index >= 15 is 0 Å². The summed E-state index contributed by atoms with van der Waals surface area (Å²) in [4.78, 5) is 160. The summed E-state index contributed by atoms with van der Waals surface area (Å²) in [7, 11) is 1.17. The first-order chi connectivity index (χ1) is 44.3. The highest BCUT2D eigenvalue weighted by Crippen LogP contribution is 2.32. The summed E-state index contributed by atoms with van der Waals surface area (Å²) in [5.41, 5.74) is 3.26. The third kappa shape index (κ3) is 33.8. The lowest BCUT2D eigenvalue weighted by atomic mass is 9.77. The van der Waals surface area contributed by atoms with Gasteiger partial charge in [-0.25, -0.2) is 19.2 Å². The van der Waals surface area contributed by atoms with Gasteiger partial charge in [0.05, 0.1) is 20.0 Å². The normalized spacial score (nSPS) is 16.1. The van der Waals surface area contributed by atoms with E-state index in [9.17, 15) is 57.5 Å². The zero-order valence-electron chi connectivity index (χ0n) is 58.2. The van der Waals surface area contributed by atoms with Gasteiger partial charge in [0.1, 0.15) is 65.0 Å². The summed E-state index contributed by atoms with van der Waals surface area (Å²) in [5, 5.41) is 18.2. The number of hydrogen-bond acceptors (Lipinski definition) is 19. The monoisotopic (exact) mass is 1330 g/mol. The maximum Gasteiger partial charge on any atom is 0.329 e. The molecule has 2 aromatic carbocycles. The zero-order valence-corrected chi connectivity index (χ0v) is 58.2. The molecule has 0 bridgehead atoms. The van der Waals surface area contributed by atoms with Crippen molar-refractivity contribution in [2.45, 2.75) is 251 Å². The van der Waals surface area contributed by atoms with Crippen molar-refractivity contribution < 1.29 is 86.0 Å². The molecule has 8 N–H and O–H groups in total. The summed E-state index contributed by atoms with van der Waals surface area (Å²) >= 11 is 0. The molecule has 530 valence electrons. The zero-order chi connectivity index (χ0) is 71.3. The molecule has 25 nitrogen and oxygen atoms in total. The van der Waals surface area contributed by atoms with E-state index in [4.69, 9.17) is 34.2 Å². The highest BCUT2D eigenvalue weighted by molar-refractivity contribution is 5.94. The number of esters is 6. The number of ketones is 1. The molecule has 1 fully saturated rings. The molecule has 1 saturated carbocycles. The van der Waals surface area contributed by atoms with Crippen LogP contribution < -0.4 is 37.6 Å². The number of hydrogen-bond donors (Lipinski definition) is 7. The number of ether oxygens (including phenoxy) is 6. The van der Waals surface area contributed by atoms with Gasteiger partial charge >= 0.3 is 41.8 Å². The van der Waals surface area contributed by atoms with Crippen molar-refractivity contribution in [1.29, 1.82) is 0 Å². The molecule has 6 unspecified atom stereocenters. The van der Waals surface area contributed by atoms with Crippen molar-refractivity contribution in [3.63, 3.8) is 0 Å². The van der Waals surface area contributed by atoms with E-state index in [2.05, 4.69) is 38.5 Å². The van der Waals surface area contributed by atoms with E-state index in [1.54, 1.807) is 83.1 Å². The fourth-order valence-corrected chi connectivity index (χ4v) is 10.4. The number of carbonyl (C=O) groups is 12. The molecule has 95 heavy (non-hydrogen) atoms. The minimum atomic E-state index is -1.53. The van der Waals surface area contributed by atoms with Crippen molar-refractivity contribution in [2.75, 3.05) is 26.8 Å². The van der Waals surface area contributed by atoms with E-state index in [1.165, 1.54) is 13.2 Å². The average Bonchev–Trinajstić information content (AvgIpc) is 0.898. The second-order valence-corrected chi connectivity index (χ2v) is 28.3. The summed E-state index contributed by atoms with van der Waals surface area (Å²) in [6, 6.07) is 6.45. The molecular formula is C70H107N7O18. The van der Waals surface area contributed by atoms with E-state index < -0.39 is 131 Å². The number of rotatable bonds is 37. The minimum absolute atomic E-state index is 0.0360. The second kappa shape index (κ2) is 39.2. The predicted molar refractivity (Wildman–Crippen MR) is 355 cm³/mol. The number of unbranched alkanes of at least 4 members (excludes halogenated alkanes) is 3. The van der Waals surface area contributed by atoms with Crippen LogP contribution in [0, 0.1) is 17.8 Å². The molecule has 0 heterocycles. The number of Topliss-reactive ketones (excluding diaryl/α,β-unsaturated/α-hetero) is 1. The number of fused-ring (bicyclic) bond motifs is 1. The van der Waals surface area contributed by atoms with Crippen LogP contribution in [0.15, 0.2) is 55.1 Å². The fraction of sp³-hybridized carbons (Fsp3) is 0.657. The smallest absolute Gasteiger partial charge is 0.329 e. The molecule has 0 spiro atoms. The van der Waals surface area contributed by atoms with Gasteiger partial charge in [-0.3, -0.25) is 38.4 Å². The van der Waals surface area contributed by atoms with Gasteiger partial charge < -0.3 is 66.1 Å². The van der Waals surface area contributed by atoms with Gasteiger partial charge in [-0.05, 0) is 176 Å². The van der Waals surface area contributed by atoms with Crippen LogP contribution in [0.25, 0.3) is 10.8 Å². The minimum Gasteiger partial charge on any atom is -0.467 e. The molecule has 0 aliphatic heterocycles. The molecule has 3 rings (SSSR count). The lowest BCUT2D eigenvalue weighted by Gasteiger charge is -2.29. The van der Waals surface area contributed by atoms with Crippen LogP contribution in [0.5, 0.6) is 0 Å². The Morgan fingerprint density at radius 3 is 1.69 bits per heavy atom. The second-order valence-electron chi connectivity index (χ2n) is 28.3. The molecule has 25 heteroatoms. The Morgan fingerprint density at radius 1 is 0.547 bits per heavy atom. The van der Waals surface area contributed by atoms with Crippen molar-refractivity contribution in [2.24, 2.45) is 23.5 Å². The summed E-state index contributed by atoms with van der Waals surface area (Å²) in [6.07, 6.45) is 4.78. The topological polar surface area (TPSA) is 358 Å². The van der Waals surface area contributed by atoms with Crippen molar-refractivity contribution in [3.05, 3.63) is 60.7 Å². The third-order valence-corrected chi connectivity index (χ3v) is 15.0. The summed E-state index contributed by atoms with van der Waals surface area (Å²) < 4.78 is 31.7. The van der Waals surface area contributed by atoms with Gasteiger partial charge in [-0.15, -0.1) is 0 Å². The van der Waals surface area contributed by atoms with Crippen molar-refractivity contribution >= 4 is 82.0 Å². The van der Waals surface area contributed by atoms with Crippen LogP contribution in [0.1, 0.15) is 198 Å². The Morgan fingerprint density at radius 2 is 1.09 bits per heavy atom. The van der Waals surface area contributed by atoms with Gasteiger partial charge in [0.15, 0.2) is 0 Å². The average molecular weight is 1330 g/mol. The number of nitrogens with two attached hydrogens (primary N) is 1. The fourth-order valence-electron chi connectivity index (χ4n) is 10.4. The Kier molecular flexibility index (Phi) is 33.5. The van der Waals surface area contributed by atoms with Crippen LogP contribution in [0.3, 0.4) is 0 Å². The Bertz CT molecular complexity index is 2930. The van der Waals surface area contributed by atoms with E-state index in [1.807, 2.05) is 42.5 Å². The molecule has 0 aromatic heterocycles. The van der Waals surface area contributed by atoms with E-state index in [-0.39, 0.29) is 88.2 Å². The Labute approximate surface area is 560 Å². The van der Waals surface area contributed by atoms with Crippen LogP contribution in [-0.4, -0.2) is 151 Å². The highest BCUT2D eigenvalue weighted by Gasteiger charge is 2.36. The molecular weight excluding hydrogens is 1230 g/mol. The summed E-state index contributed by atoms with van der Waals surface area (Å²) in [5.74, 6) is -7.91. The molecule has 0 radical (unpaired) electrons. The van der Waals surface area contributed by atoms with Crippen molar-refractivity contribution in [3.8, 4) is 0 Å². The maximum atomic E-state index is 14.3. The number of nitrogens with one attached hydrogen (secondary N) is 6. The summed E-state index contributed by atoms with van der Waals surface area (Å²) in [6.45, 7) is 23.9. The number of methoxy groups -OCH3 is 1. The molecule has 6 amide bonds. The molecule has 1 aliphatic rings. The van der Waals surface area contributed by atoms with Crippen LogP contribution in [-0.2, 0) is 87.6 Å². The van der Waals surface area contributed by atoms with Gasteiger partial charge in [-0.1, -0.05) is 68.0 Å². The van der Waals surface area contributed by atoms with Crippen LogP contribution in [0.2, 0.25) is 0 Å². The van der Waals surface area contributed by atoms with Gasteiger partial charge in [-0.2, -0.15) is 0 Å². The Hall–Kier alpha value is -7.96. The number of benzene rings is 2. The van der Waals surface area contributed by atoms with Gasteiger partial charge in [0.25, 0.3) is 0 Å². The lowest BCUT2D eigenvalue weighted by Crippen LogP contribution is -2.52. The molecule has 1 aliphatic carbocycles.